The molecule has 52 heavy (non-hydrogen) atoms. The van der Waals surface area contributed by atoms with Crippen molar-refractivity contribution in [1.29, 1.82) is 0 Å². The summed E-state index contributed by atoms with van der Waals surface area (Å²) >= 11 is 1.41. The van der Waals surface area contributed by atoms with E-state index in [2.05, 4.69) is 21.3 Å². The molecule has 0 aliphatic carbocycles. The summed E-state index contributed by atoms with van der Waals surface area (Å²) < 4.78 is 0. The van der Waals surface area contributed by atoms with E-state index in [-0.39, 0.29) is 44.9 Å². The van der Waals surface area contributed by atoms with Gasteiger partial charge in [-0.15, -0.1) is 11.3 Å². The first-order valence-electron chi connectivity index (χ1n) is 17.2. The Morgan fingerprint density at radius 1 is 0.673 bits per heavy atom. The first-order valence-corrected chi connectivity index (χ1v) is 18.1. The number of Topliss-reactive ketones (excluding diaryl/α,β-unsaturated/α-hetero) is 1. The molecular weight excluding hydrogens is 681 g/mol. The molecule has 0 fully saturated rings. The summed E-state index contributed by atoms with van der Waals surface area (Å²) in [5.74, 6) is -4.89. The van der Waals surface area contributed by atoms with Gasteiger partial charge in [0.2, 0.25) is 23.6 Å². The molecule has 12 heteroatoms. The second-order valence-electron chi connectivity index (χ2n) is 13.1. The van der Waals surface area contributed by atoms with Gasteiger partial charge >= 0.3 is 5.97 Å². The van der Waals surface area contributed by atoms with Crippen LogP contribution in [-0.4, -0.2) is 58.6 Å². The number of aliphatic carboxylic acids is 1. The maximum atomic E-state index is 14.2. The van der Waals surface area contributed by atoms with Crippen molar-refractivity contribution in [2.45, 2.75) is 70.0 Å². The van der Waals surface area contributed by atoms with E-state index in [9.17, 15) is 33.9 Å². The minimum Gasteiger partial charge on any atom is -0.481 e. The fourth-order valence-corrected chi connectivity index (χ4v) is 6.76. The Morgan fingerprint density at radius 3 is 1.94 bits per heavy atom. The monoisotopic (exact) mass is 722 g/mol. The Balaban J connectivity index is 1.50. The molecule has 4 aromatic rings. The molecular formula is C40H42N4O7S. The molecule has 3 heterocycles. The van der Waals surface area contributed by atoms with E-state index in [1.54, 1.807) is 24.3 Å². The summed E-state index contributed by atoms with van der Waals surface area (Å²) in [6.45, 7) is 1.93. The van der Waals surface area contributed by atoms with Crippen molar-refractivity contribution in [2.24, 2.45) is 5.92 Å². The molecule has 270 valence electrons. The van der Waals surface area contributed by atoms with Gasteiger partial charge in [-0.05, 0) is 60.0 Å². The van der Waals surface area contributed by atoms with Crippen LogP contribution < -0.4 is 21.3 Å². The fraction of sp³-hybridized carbons (Fsp3) is 0.300. The summed E-state index contributed by atoms with van der Waals surface area (Å²) in [7, 11) is 0. The number of ketones is 1. The highest BCUT2D eigenvalue weighted by molar-refractivity contribution is 7.09. The molecule has 2 aliphatic rings. The maximum Gasteiger partial charge on any atom is 0.307 e. The Hall–Kier alpha value is -5.62. The zero-order chi connectivity index (χ0) is 37.0. The normalized spacial score (nSPS) is 20.9. The lowest BCUT2D eigenvalue weighted by molar-refractivity contribution is -0.144. The average molecular weight is 723 g/mol. The third-order valence-corrected chi connectivity index (χ3v) is 9.81. The van der Waals surface area contributed by atoms with Crippen LogP contribution in [0.25, 0.3) is 0 Å². The van der Waals surface area contributed by atoms with Gasteiger partial charge in [-0.3, -0.25) is 28.8 Å². The molecule has 0 spiro atoms. The number of carboxylic acids is 1. The lowest BCUT2D eigenvalue weighted by Gasteiger charge is -2.26. The number of carbonyl (C=O) groups excluding carboxylic acids is 5. The van der Waals surface area contributed by atoms with E-state index < -0.39 is 59.4 Å². The molecule has 0 saturated heterocycles. The van der Waals surface area contributed by atoms with Crippen molar-refractivity contribution < 1.29 is 33.9 Å². The van der Waals surface area contributed by atoms with Crippen LogP contribution in [0.5, 0.6) is 0 Å². The van der Waals surface area contributed by atoms with Crippen LogP contribution >= 0.6 is 11.3 Å². The van der Waals surface area contributed by atoms with Crippen LogP contribution in [0.15, 0.2) is 96.4 Å². The predicted molar refractivity (Wildman–Crippen MR) is 198 cm³/mol. The minimum atomic E-state index is -1.16. The smallest absolute Gasteiger partial charge is 0.307 e. The molecule has 0 saturated carbocycles. The summed E-state index contributed by atoms with van der Waals surface area (Å²) in [6.07, 6.45) is -0.306. The number of anilines is 1. The minimum absolute atomic E-state index is 0.0409. The van der Waals surface area contributed by atoms with Gasteiger partial charge in [-0.2, -0.15) is 0 Å². The zero-order valence-corrected chi connectivity index (χ0v) is 29.6. The first kappa shape index (κ1) is 37.6. The highest BCUT2D eigenvalue weighted by Gasteiger charge is 2.32. The Morgan fingerprint density at radius 2 is 1.29 bits per heavy atom. The van der Waals surface area contributed by atoms with Crippen molar-refractivity contribution >= 4 is 52.4 Å². The van der Waals surface area contributed by atoms with Crippen molar-refractivity contribution in [3.63, 3.8) is 0 Å². The van der Waals surface area contributed by atoms with Gasteiger partial charge in [0, 0.05) is 42.7 Å². The third-order valence-electron chi connectivity index (χ3n) is 8.91. The molecule has 5 N–H and O–H groups in total. The van der Waals surface area contributed by atoms with Crippen LogP contribution in [-0.2, 0) is 54.5 Å². The highest BCUT2D eigenvalue weighted by atomic mass is 32.1. The Labute approximate surface area is 306 Å². The average Bonchev–Trinajstić information content (AvgIpc) is 3.64. The SMILES string of the molecule is Cc1ccc(C[C@@H]2NC(=O)[C@@H](Cc3cccs3)NC(=O)CCC(=O)Nc3ccc(cc3)C[C@@H](C(=O)O)CC(=O)[C@@H](Cc3ccccc3)NC2=O)cc1. The van der Waals surface area contributed by atoms with Gasteiger partial charge in [0.15, 0.2) is 5.78 Å². The van der Waals surface area contributed by atoms with Gasteiger partial charge in [-0.1, -0.05) is 78.4 Å². The summed E-state index contributed by atoms with van der Waals surface area (Å²) in [5, 5.41) is 23.2. The molecule has 6 rings (SSSR count). The molecule has 11 nitrogen and oxygen atoms in total. The van der Waals surface area contributed by atoms with E-state index in [0.717, 1.165) is 21.6 Å². The Kier molecular flexibility index (Phi) is 13.1. The highest BCUT2D eigenvalue weighted by Crippen LogP contribution is 2.19. The third kappa shape index (κ3) is 11.2. The number of rotatable bonds is 7. The fourth-order valence-electron chi connectivity index (χ4n) is 6.01. The van der Waals surface area contributed by atoms with Crippen LogP contribution in [0.3, 0.4) is 0 Å². The quantitative estimate of drug-likeness (QED) is 0.178. The predicted octanol–water partition coefficient (Wildman–Crippen LogP) is 4.17. The number of hydrogen-bond acceptors (Lipinski definition) is 7. The second kappa shape index (κ2) is 18.0. The van der Waals surface area contributed by atoms with Crippen molar-refractivity contribution in [3.05, 3.63) is 124 Å². The van der Waals surface area contributed by atoms with Crippen LogP contribution in [0.4, 0.5) is 5.69 Å². The van der Waals surface area contributed by atoms with Gasteiger partial charge in [0.05, 0.1) is 12.0 Å². The number of carboxylic acid groups (broad SMARTS) is 1. The number of aryl methyl sites for hydroxylation is 1. The second-order valence-corrected chi connectivity index (χ2v) is 14.1. The van der Waals surface area contributed by atoms with Crippen molar-refractivity contribution in [2.75, 3.05) is 5.32 Å². The molecule has 3 aromatic carbocycles. The van der Waals surface area contributed by atoms with Crippen molar-refractivity contribution in [3.8, 4) is 0 Å². The van der Waals surface area contributed by atoms with Crippen LogP contribution in [0.2, 0.25) is 0 Å². The van der Waals surface area contributed by atoms with E-state index in [1.807, 2.05) is 79.0 Å². The van der Waals surface area contributed by atoms with E-state index in [0.29, 0.717) is 11.3 Å². The molecule has 2 aliphatic heterocycles. The lowest BCUT2D eigenvalue weighted by atomic mass is 9.90. The van der Waals surface area contributed by atoms with Gasteiger partial charge < -0.3 is 26.4 Å². The Bertz CT molecular complexity index is 1860. The van der Waals surface area contributed by atoms with E-state index >= 15 is 0 Å². The summed E-state index contributed by atoms with van der Waals surface area (Å²) in [5.41, 5.74) is 3.63. The van der Waals surface area contributed by atoms with Crippen LogP contribution in [0, 0.1) is 12.8 Å². The standard InChI is InChI=1S/C40H42N4O7S/c1-25-9-11-28(12-10-25)22-33-38(48)43-32(21-26-6-3-2-4-7-26)35(45)23-29(40(50)51)20-27-13-15-30(16-14-27)41-36(46)17-18-37(47)42-34(39(49)44-33)24-31-8-5-19-52-31/h2-16,19,29,32-34H,17-18,20-24H2,1H3,(H,41,46)(H,42,47)(H,43,48)(H,44,49)(H,50,51)/t29-,32-,33+,34-/m1/s1. The van der Waals surface area contributed by atoms with Crippen molar-refractivity contribution in [1.82, 2.24) is 16.0 Å². The molecule has 4 amide bonds. The van der Waals surface area contributed by atoms with E-state index in [1.165, 1.54) is 11.3 Å². The molecule has 4 atom stereocenters. The number of amides is 4. The molecule has 0 unspecified atom stereocenters. The zero-order valence-electron chi connectivity index (χ0n) is 28.8. The topological polar surface area (TPSA) is 171 Å². The van der Waals surface area contributed by atoms with Gasteiger partial charge in [-0.25, -0.2) is 0 Å². The number of hydrogen-bond donors (Lipinski definition) is 5. The summed E-state index contributed by atoms with van der Waals surface area (Å²) in [6, 6.07) is 23.5. The number of benzene rings is 3. The van der Waals surface area contributed by atoms with Gasteiger partial charge in [0.1, 0.15) is 12.1 Å². The molecule has 1 aromatic heterocycles. The van der Waals surface area contributed by atoms with E-state index in [4.69, 9.17) is 0 Å². The number of nitrogens with one attached hydrogen (secondary N) is 4. The number of thiophene rings is 1. The lowest BCUT2D eigenvalue weighted by Crippen LogP contribution is -2.57. The molecule has 2 bridgehead atoms. The first-order chi connectivity index (χ1) is 25.0. The largest absolute Gasteiger partial charge is 0.481 e. The summed E-state index contributed by atoms with van der Waals surface area (Å²) in [4.78, 5) is 81.2. The number of fused-ring (bicyclic) bond motifs is 18. The maximum absolute atomic E-state index is 14.2. The molecule has 0 radical (unpaired) electrons. The van der Waals surface area contributed by atoms with Gasteiger partial charge in [0.25, 0.3) is 0 Å². The number of carbonyl (C=O) groups is 6. The van der Waals surface area contributed by atoms with Crippen LogP contribution in [0.1, 0.15) is 46.4 Å².